The van der Waals surface area contributed by atoms with Crippen molar-refractivity contribution in [3.63, 3.8) is 0 Å². The van der Waals surface area contributed by atoms with Crippen LogP contribution in [0.2, 0.25) is 0 Å². The van der Waals surface area contributed by atoms with Gasteiger partial charge in [0.25, 0.3) is 0 Å². The fourth-order valence-corrected chi connectivity index (χ4v) is 4.43. The summed E-state index contributed by atoms with van der Waals surface area (Å²) in [6, 6.07) is 8.57. The van der Waals surface area contributed by atoms with Gasteiger partial charge in [-0.1, -0.05) is 18.6 Å². The Morgan fingerprint density at radius 1 is 1.33 bits per heavy atom. The molecule has 0 spiro atoms. The molecule has 1 saturated carbocycles. The summed E-state index contributed by atoms with van der Waals surface area (Å²) in [4.78, 5) is 0.273. The number of rotatable bonds is 5. The molecule has 21 heavy (non-hydrogen) atoms. The molecule has 0 radical (unpaired) electrons. The van der Waals surface area contributed by atoms with Crippen LogP contribution in [0.15, 0.2) is 29.2 Å². The van der Waals surface area contributed by atoms with Gasteiger partial charge in [0.2, 0.25) is 10.0 Å². The first-order valence-corrected chi connectivity index (χ1v) is 8.58. The Kier molecular flexibility index (Phi) is 4.99. The van der Waals surface area contributed by atoms with Gasteiger partial charge in [0.1, 0.15) is 0 Å². The van der Waals surface area contributed by atoms with Crippen LogP contribution in [0.25, 0.3) is 0 Å². The van der Waals surface area contributed by atoms with E-state index < -0.39 is 10.0 Å². The van der Waals surface area contributed by atoms with E-state index in [2.05, 4.69) is 0 Å². The lowest BCUT2D eigenvalue weighted by atomic mass is 10.0. The van der Waals surface area contributed by atoms with Crippen molar-refractivity contribution in [2.75, 3.05) is 13.6 Å². The molecule has 1 aliphatic carbocycles. The van der Waals surface area contributed by atoms with E-state index in [0.717, 1.165) is 24.8 Å². The molecule has 2 rings (SSSR count). The lowest BCUT2D eigenvalue weighted by molar-refractivity contribution is 0.304. The molecule has 6 heteroatoms. The van der Waals surface area contributed by atoms with Crippen LogP contribution in [0.3, 0.4) is 0 Å². The fraction of sp³-hybridized carbons (Fsp3) is 0.533. The maximum atomic E-state index is 12.7. The Morgan fingerprint density at radius 2 is 2.00 bits per heavy atom. The van der Waals surface area contributed by atoms with Crippen LogP contribution in [0.4, 0.5) is 0 Å². The van der Waals surface area contributed by atoms with Crippen molar-refractivity contribution >= 4 is 10.0 Å². The summed E-state index contributed by atoms with van der Waals surface area (Å²) in [5.41, 5.74) is 6.56. The topological polar surface area (TPSA) is 87.2 Å². The van der Waals surface area contributed by atoms with Gasteiger partial charge in [0, 0.05) is 13.1 Å². The molecule has 1 aliphatic rings. The Bertz CT molecular complexity index is 619. The van der Waals surface area contributed by atoms with Crippen LogP contribution in [0.5, 0.6) is 0 Å². The molecule has 2 N–H and O–H groups in total. The van der Waals surface area contributed by atoms with E-state index >= 15 is 0 Å². The van der Waals surface area contributed by atoms with E-state index in [-0.39, 0.29) is 23.3 Å². The second-order valence-corrected chi connectivity index (χ2v) is 7.49. The Hall–Kier alpha value is -1.42. The van der Waals surface area contributed by atoms with Crippen molar-refractivity contribution in [1.82, 2.24) is 4.31 Å². The molecule has 0 aliphatic heterocycles. The van der Waals surface area contributed by atoms with Gasteiger partial charge >= 0.3 is 0 Å². The lowest BCUT2D eigenvalue weighted by Crippen LogP contribution is -2.41. The summed E-state index contributed by atoms with van der Waals surface area (Å²) < 4.78 is 26.8. The molecule has 2 atom stereocenters. The fourth-order valence-electron chi connectivity index (χ4n) is 2.99. The number of benzene rings is 1. The van der Waals surface area contributed by atoms with Gasteiger partial charge in [0.05, 0.1) is 17.4 Å². The number of nitriles is 1. The minimum Gasteiger partial charge on any atom is -0.330 e. The number of sulfonamides is 1. The summed E-state index contributed by atoms with van der Waals surface area (Å²) in [6.45, 7) is 0.519. The SMILES string of the molecule is CN(C1CCCC1CN)S(=O)(=O)c1ccc(CC#N)cc1. The minimum atomic E-state index is -3.50. The minimum absolute atomic E-state index is 0.0150. The van der Waals surface area contributed by atoms with Crippen LogP contribution in [-0.4, -0.2) is 32.4 Å². The summed E-state index contributed by atoms with van der Waals surface area (Å²) in [5.74, 6) is 0.239. The molecule has 0 saturated heterocycles. The van der Waals surface area contributed by atoms with Crippen molar-refractivity contribution in [2.24, 2.45) is 11.7 Å². The van der Waals surface area contributed by atoms with Gasteiger partial charge in [-0.3, -0.25) is 0 Å². The lowest BCUT2D eigenvalue weighted by Gasteiger charge is -2.28. The molecule has 1 fully saturated rings. The highest BCUT2D eigenvalue weighted by Crippen LogP contribution is 2.31. The van der Waals surface area contributed by atoms with E-state index in [9.17, 15) is 8.42 Å². The van der Waals surface area contributed by atoms with Gasteiger partial charge in [-0.05, 0) is 43.0 Å². The number of hydrogen-bond donors (Lipinski definition) is 1. The van der Waals surface area contributed by atoms with E-state index in [0.29, 0.717) is 6.54 Å². The predicted molar refractivity (Wildman–Crippen MR) is 80.9 cm³/mol. The number of nitrogens with two attached hydrogens (primary N) is 1. The van der Waals surface area contributed by atoms with Crippen molar-refractivity contribution in [1.29, 1.82) is 5.26 Å². The van der Waals surface area contributed by atoms with E-state index in [1.165, 1.54) is 4.31 Å². The zero-order valence-electron chi connectivity index (χ0n) is 12.2. The highest BCUT2D eigenvalue weighted by molar-refractivity contribution is 7.89. The molecule has 1 aromatic carbocycles. The molecule has 114 valence electrons. The molecular formula is C15H21N3O2S. The molecule has 0 heterocycles. The van der Waals surface area contributed by atoms with Gasteiger partial charge in [-0.2, -0.15) is 9.57 Å². The summed E-state index contributed by atoms with van der Waals surface area (Å²) in [5, 5.41) is 8.65. The summed E-state index contributed by atoms with van der Waals surface area (Å²) in [6.07, 6.45) is 3.16. The van der Waals surface area contributed by atoms with Crippen LogP contribution in [-0.2, 0) is 16.4 Å². The molecule has 1 aromatic rings. The quantitative estimate of drug-likeness (QED) is 0.893. The average Bonchev–Trinajstić information content (AvgIpc) is 2.95. The zero-order valence-corrected chi connectivity index (χ0v) is 13.0. The smallest absolute Gasteiger partial charge is 0.243 e. The maximum absolute atomic E-state index is 12.7. The maximum Gasteiger partial charge on any atom is 0.243 e. The van der Waals surface area contributed by atoms with E-state index in [4.69, 9.17) is 11.0 Å². The monoisotopic (exact) mass is 307 g/mol. The largest absolute Gasteiger partial charge is 0.330 e. The first kappa shape index (κ1) is 16.0. The first-order chi connectivity index (χ1) is 10.0. The molecule has 5 nitrogen and oxygen atoms in total. The van der Waals surface area contributed by atoms with Crippen LogP contribution in [0, 0.1) is 17.2 Å². The predicted octanol–water partition coefficient (Wildman–Crippen LogP) is 1.50. The van der Waals surface area contributed by atoms with Gasteiger partial charge in [-0.15, -0.1) is 0 Å². The second kappa shape index (κ2) is 6.56. The van der Waals surface area contributed by atoms with E-state index in [1.54, 1.807) is 31.3 Å². The number of hydrogen-bond acceptors (Lipinski definition) is 4. The third kappa shape index (κ3) is 3.26. The molecule has 0 bridgehead atoms. The summed E-state index contributed by atoms with van der Waals surface area (Å²) >= 11 is 0. The zero-order chi connectivity index (χ0) is 15.5. The van der Waals surface area contributed by atoms with Gasteiger partial charge in [0.15, 0.2) is 0 Å². The Morgan fingerprint density at radius 3 is 2.57 bits per heavy atom. The van der Waals surface area contributed by atoms with Crippen LogP contribution < -0.4 is 5.73 Å². The third-order valence-corrected chi connectivity index (χ3v) is 6.17. The van der Waals surface area contributed by atoms with Gasteiger partial charge in [-0.25, -0.2) is 8.42 Å². The standard InChI is InChI=1S/C15H21N3O2S/c1-18(15-4-2-3-13(15)11-17)21(19,20)14-7-5-12(6-8-14)9-10-16/h5-8,13,15H,2-4,9,11,17H2,1H3. The van der Waals surface area contributed by atoms with Crippen molar-refractivity contribution in [3.8, 4) is 6.07 Å². The molecular weight excluding hydrogens is 286 g/mol. The Balaban J connectivity index is 2.22. The van der Waals surface area contributed by atoms with Gasteiger partial charge < -0.3 is 5.73 Å². The average molecular weight is 307 g/mol. The van der Waals surface area contributed by atoms with E-state index in [1.807, 2.05) is 6.07 Å². The highest BCUT2D eigenvalue weighted by atomic mass is 32.2. The third-order valence-electron chi connectivity index (χ3n) is 4.27. The summed E-state index contributed by atoms with van der Waals surface area (Å²) in [7, 11) is -1.87. The molecule has 2 unspecified atom stereocenters. The highest BCUT2D eigenvalue weighted by Gasteiger charge is 2.35. The molecule has 0 aromatic heterocycles. The van der Waals surface area contributed by atoms with Crippen molar-refractivity contribution in [3.05, 3.63) is 29.8 Å². The normalized spacial score (nSPS) is 22.4. The molecule has 0 amide bonds. The number of nitrogens with zero attached hydrogens (tertiary/aromatic N) is 2. The van der Waals surface area contributed by atoms with Crippen LogP contribution >= 0.6 is 0 Å². The Labute approximate surface area is 126 Å². The van der Waals surface area contributed by atoms with Crippen LogP contribution in [0.1, 0.15) is 24.8 Å². The van der Waals surface area contributed by atoms with Crippen molar-refractivity contribution < 1.29 is 8.42 Å². The first-order valence-electron chi connectivity index (χ1n) is 7.14. The second-order valence-electron chi connectivity index (χ2n) is 5.49. The van der Waals surface area contributed by atoms with Crippen molar-refractivity contribution in [2.45, 2.75) is 36.6 Å².